The molecular weight excluding hydrogens is 146 g/mol. The molecule has 0 heterocycles. The van der Waals surface area contributed by atoms with Crippen LogP contribution in [0.25, 0.3) is 0 Å². The lowest BCUT2D eigenvalue weighted by molar-refractivity contribution is -0.517. The predicted octanol–water partition coefficient (Wildman–Crippen LogP) is 1.02. The second-order valence-electron chi connectivity index (χ2n) is 3.07. The normalized spacial score (nSPS) is 31.9. The summed E-state index contributed by atoms with van der Waals surface area (Å²) in [4.78, 5) is 20.9. The first-order valence-electron chi connectivity index (χ1n) is 3.79. The van der Waals surface area contributed by atoms with Gasteiger partial charge in [-0.1, -0.05) is 6.92 Å². The van der Waals surface area contributed by atoms with Gasteiger partial charge in [0.1, 0.15) is 0 Å². The SMILES string of the molecule is C[C@@H]1CCCC(=O)[C@H]1[N+](=O)[O-]. The van der Waals surface area contributed by atoms with E-state index in [1.165, 1.54) is 0 Å². The van der Waals surface area contributed by atoms with Gasteiger partial charge in [-0.2, -0.15) is 0 Å². The Morgan fingerprint density at radius 2 is 2.27 bits per heavy atom. The van der Waals surface area contributed by atoms with Crippen LogP contribution >= 0.6 is 0 Å². The molecule has 4 heteroatoms. The molecule has 0 aliphatic heterocycles. The highest BCUT2D eigenvalue weighted by atomic mass is 16.6. The Labute approximate surface area is 64.7 Å². The highest BCUT2D eigenvalue weighted by Gasteiger charge is 2.37. The van der Waals surface area contributed by atoms with Crippen molar-refractivity contribution in [3.8, 4) is 0 Å². The van der Waals surface area contributed by atoms with Gasteiger partial charge in [-0.3, -0.25) is 14.9 Å². The van der Waals surface area contributed by atoms with Gasteiger partial charge in [0.25, 0.3) is 6.04 Å². The van der Waals surface area contributed by atoms with Crippen molar-refractivity contribution >= 4 is 5.78 Å². The average Bonchev–Trinajstić information content (AvgIpc) is 1.85. The molecule has 0 N–H and O–H groups in total. The molecule has 0 saturated heterocycles. The zero-order valence-electron chi connectivity index (χ0n) is 6.45. The summed E-state index contributed by atoms with van der Waals surface area (Å²) in [5.74, 6) is -0.278. The highest BCUT2D eigenvalue weighted by molar-refractivity contribution is 5.83. The van der Waals surface area contributed by atoms with Crippen molar-refractivity contribution < 1.29 is 9.72 Å². The van der Waals surface area contributed by atoms with E-state index >= 15 is 0 Å². The first kappa shape index (κ1) is 8.17. The van der Waals surface area contributed by atoms with Crippen LogP contribution in [0, 0.1) is 16.0 Å². The Bertz CT molecular complexity index is 190. The van der Waals surface area contributed by atoms with Crippen LogP contribution in [0.2, 0.25) is 0 Å². The van der Waals surface area contributed by atoms with Crippen LogP contribution in [0.1, 0.15) is 26.2 Å². The molecule has 2 atom stereocenters. The summed E-state index contributed by atoms with van der Waals surface area (Å²) in [5.41, 5.74) is 0. The summed E-state index contributed by atoms with van der Waals surface area (Å²) in [6.07, 6.45) is 2.00. The largest absolute Gasteiger partial charge is 0.292 e. The number of Topliss-reactive ketones (excluding diaryl/α,β-unsaturated/α-hetero) is 1. The first-order chi connectivity index (χ1) is 5.13. The minimum Gasteiger partial charge on any atom is -0.292 e. The van der Waals surface area contributed by atoms with Crippen LogP contribution in [0.15, 0.2) is 0 Å². The summed E-state index contributed by atoms with van der Waals surface area (Å²) in [6.45, 7) is 1.77. The van der Waals surface area contributed by atoms with Crippen LogP contribution in [-0.4, -0.2) is 16.7 Å². The van der Waals surface area contributed by atoms with Crippen molar-refractivity contribution in [2.75, 3.05) is 0 Å². The molecule has 1 fully saturated rings. The van der Waals surface area contributed by atoms with Crippen molar-refractivity contribution in [2.24, 2.45) is 5.92 Å². The van der Waals surface area contributed by atoms with E-state index in [-0.39, 0.29) is 11.7 Å². The lowest BCUT2D eigenvalue weighted by Crippen LogP contribution is -2.38. The van der Waals surface area contributed by atoms with Gasteiger partial charge in [-0.25, -0.2) is 0 Å². The molecule has 1 aliphatic carbocycles. The number of carbonyl (C=O) groups excluding carboxylic acids is 1. The van der Waals surface area contributed by atoms with Gasteiger partial charge in [0.05, 0.1) is 0 Å². The maximum absolute atomic E-state index is 11.0. The third kappa shape index (κ3) is 1.56. The van der Waals surface area contributed by atoms with E-state index in [0.717, 1.165) is 12.8 Å². The molecule has 0 aromatic rings. The fourth-order valence-corrected chi connectivity index (χ4v) is 1.55. The van der Waals surface area contributed by atoms with Gasteiger partial charge >= 0.3 is 0 Å². The van der Waals surface area contributed by atoms with Crippen LogP contribution in [0.3, 0.4) is 0 Å². The molecule has 0 spiro atoms. The summed E-state index contributed by atoms with van der Waals surface area (Å²) in [6, 6.07) is -0.927. The second kappa shape index (κ2) is 2.98. The fraction of sp³-hybridized carbons (Fsp3) is 0.857. The number of hydrogen-bond donors (Lipinski definition) is 0. The molecule has 4 nitrogen and oxygen atoms in total. The van der Waals surface area contributed by atoms with Gasteiger partial charge in [0, 0.05) is 17.3 Å². The van der Waals surface area contributed by atoms with E-state index < -0.39 is 11.0 Å². The summed E-state index contributed by atoms with van der Waals surface area (Å²) in [7, 11) is 0. The van der Waals surface area contributed by atoms with Gasteiger partial charge in [-0.05, 0) is 12.8 Å². The van der Waals surface area contributed by atoms with Crippen LogP contribution in [-0.2, 0) is 4.79 Å². The van der Waals surface area contributed by atoms with E-state index in [9.17, 15) is 14.9 Å². The average molecular weight is 157 g/mol. The number of nitro groups is 1. The molecule has 0 aromatic carbocycles. The van der Waals surface area contributed by atoms with Crippen molar-refractivity contribution in [2.45, 2.75) is 32.2 Å². The fourth-order valence-electron chi connectivity index (χ4n) is 1.55. The van der Waals surface area contributed by atoms with Gasteiger partial charge < -0.3 is 0 Å². The van der Waals surface area contributed by atoms with E-state index in [2.05, 4.69) is 0 Å². The topological polar surface area (TPSA) is 60.2 Å². The Morgan fingerprint density at radius 3 is 2.64 bits per heavy atom. The van der Waals surface area contributed by atoms with Gasteiger partial charge in [0.2, 0.25) is 5.78 Å². The Hall–Kier alpha value is -0.930. The maximum Gasteiger partial charge on any atom is 0.272 e. The molecular formula is C7H11NO3. The molecule has 62 valence electrons. The molecule has 0 amide bonds. The zero-order chi connectivity index (χ0) is 8.43. The molecule has 1 aliphatic rings. The lowest BCUT2D eigenvalue weighted by atomic mass is 9.85. The number of ketones is 1. The third-order valence-electron chi connectivity index (χ3n) is 2.18. The Morgan fingerprint density at radius 1 is 1.64 bits per heavy atom. The van der Waals surface area contributed by atoms with E-state index in [4.69, 9.17) is 0 Å². The number of nitrogens with zero attached hydrogens (tertiary/aromatic N) is 1. The number of hydrogen-bond acceptors (Lipinski definition) is 3. The van der Waals surface area contributed by atoms with Crippen molar-refractivity contribution in [1.29, 1.82) is 0 Å². The predicted molar refractivity (Wildman–Crippen MR) is 38.8 cm³/mol. The van der Waals surface area contributed by atoms with Crippen molar-refractivity contribution in [1.82, 2.24) is 0 Å². The second-order valence-corrected chi connectivity index (χ2v) is 3.07. The Balaban J connectivity index is 2.70. The standard InChI is InChI=1S/C7H11NO3/c1-5-3-2-4-6(9)7(5)8(10)11/h5,7H,2-4H2,1H3/t5-,7+/m1/s1. The molecule has 11 heavy (non-hydrogen) atoms. The molecule has 0 unspecified atom stereocenters. The molecule has 1 saturated carbocycles. The number of rotatable bonds is 1. The minimum absolute atomic E-state index is 0.0775. The minimum atomic E-state index is -0.927. The van der Waals surface area contributed by atoms with Crippen LogP contribution < -0.4 is 0 Å². The van der Waals surface area contributed by atoms with E-state index in [1.807, 2.05) is 0 Å². The van der Waals surface area contributed by atoms with Crippen LogP contribution in [0.5, 0.6) is 0 Å². The maximum atomic E-state index is 11.0. The smallest absolute Gasteiger partial charge is 0.272 e. The van der Waals surface area contributed by atoms with Gasteiger partial charge in [0.15, 0.2) is 0 Å². The van der Waals surface area contributed by atoms with Crippen molar-refractivity contribution in [3.05, 3.63) is 10.1 Å². The zero-order valence-corrected chi connectivity index (χ0v) is 6.45. The third-order valence-corrected chi connectivity index (χ3v) is 2.18. The monoisotopic (exact) mass is 157 g/mol. The first-order valence-corrected chi connectivity index (χ1v) is 3.79. The molecule has 1 rings (SSSR count). The summed E-state index contributed by atoms with van der Waals surface area (Å²) >= 11 is 0. The summed E-state index contributed by atoms with van der Waals surface area (Å²) in [5, 5.41) is 10.4. The molecule has 0 bridgehead atoms. The summed E-state index contributed by atoms with van der Waals surface area (Å²) < 4.78 is 0. The lowest BCUT2D eigenvalue weighted by Gasteiger charge is -2.19. The van der Waals surface area contributed by atoms with E-state index in [0.29, 0.717) is 6.42 Å². The van der Waals surface area contributed by atoms with E-state index in [1.54, 1.807) is 6.92 Å². The molecule has 0 aromatic heterocycles. The Kier molecular flexibility index (Phi) is 2.22. The highest BCUT2D eigenvalue weighted by Crippen LogP contribution is 2.22. The van der Waals surface area contributed by atoms with Crippen LogP contribution in [0.4, 0.5) is 0 Å². The quantitative estimate of drug-likeness (QED) is 0.421. The number of carbonyl (C=O) groups is 1. The van der Waals surface area contributed by atoms with Gasteiger partial charge in [-0.15, -0.1) is 0 Å². The molecule has 0 radical (unpaired) electrons. The van der Waals surface area contributed by atoms with Crippen molar-refractivity contribution in [3.63, 3.8) is 0 Å².